The van der Waals surface area contributed by atoms with Gasteiger partial charge in [-0.1, -0.05) is 29.8 Å². The van der Waals surface area contributed by atoms with Crippen LogP contribution in [0.3, 0.4) is 0 Å². The van der Waals surface area contributed by atoms with Crippen LogP contribution < -0.4 is 4.90 Å². The van der Waals surface area contributed by atoms with Crippen LogP contribution in [0.25, 0.3) is 0 Å². The summed E-state index contributed by atoms with van der Waals surface area (Å²) in [5.74, 6) is -0.849. The number of carbonyl (C=O) groups excluding carboxylic acids is 2. The average molecular weight is 374 g/mol. The first-order chi connectivity index (χ1) is 12.6. The van der Waals surface area contributed by atoms with Crippen LogP contribution in [0.4, 0.5) is 5.69 Å². The predicted molar refractivity (Wildman–Crippen MR) is 99.4 cm³/mol. The molecule has 1 aromatic carbocycles. The van der Waals surface area contributed by atoms with E-state index in [0.29, 0.717) is 13.1 Å². The summed E-state index contributed by atoms with van der Waals surface area (Å²) in [6, 6.07) is 13.2. The van der Waals surface area contributed by atoms with E-state index in [4.69, 9.17) is 16.3 Å². The Morgan fingerprint density at radius 1 is 1.08 bits per heavy atom. The van der Waals surface area contributed by atoms with Crippen LogP contribution in [0, 0.1) is 0 Å². The molecule has 0 aliphatic carbocycles. The molecule has 1 aliphatic rings. The lowest BCUT2D eigenvalue weighted by Gasteiger charge is -2.37. The highest BCUT2D eigenvalue weighted by molar-refractivity contribution is 6.32. The Hall–Kier alpha value is -2.60. The summed E-state index contributed by atoms with van der Waals surface area (Å²) in [6.07, 6.45) is 0.613. The number of benzene rings is 1. The molecular formula is C19H20ClN3O3. The number of rotatable bonds is 4. The SMILES string of the molecule is CC(OC(=O)c1cccnc1Cl)C(=O)N1CCN(c2ccccc2)CC1. The maximum Gasteiger partial charge on any atom is 0.342 e. The molecule has 0 saturated carbocycles. The largest absolute Gasteiger partial charge is 0.449 e. The van der Waals surface area contributed by atoms with Crippen LogP contribution in [0.15, 0.2) is 48.7 Å². The topological polar surface area (TPSA) is 62.7 Å². The maximum absolute atomic E-state index is 12.6. The van der Waals surface area contributed by atoms with Crippen LogP contribution in [0.5, 0.6) is 0 Å². The first-order valence-electron chi connectivity index (χ1n) is 8.46. The maximum atomic E-state index is 12.6. The number of hydrogen-bond acceptors (Lipinski definition) is 5. The third-order valence-corrected chi connectivity index (χ3v) is 4.62. The minimum absolute atomic E-state index is 0.0635. The number of hydrogen-bond donors (Lipinski definition) is 0. The number of nitrogens with zero attached hydrogens (tertiary/aromatic N) is 3. The quantitative estimate of drug-likeness (QED) is 0.609. The highest BCUT2D eigenvalue weighted by atomic mass is 35.5. The Kier molecular flexibility index (Phi) is 5.73. The molecule has 1 unspecified atom stereocenters. The van der Waals surface area contributed by atoms with E-state index in [-0.39, 0.29) is 16.6 Å². The molecule has 2 heterocycles. The van der Waals surface area contributed by atoms with Crippen LogP contribution in [-0.2, 0) is 9.53 Å². The highest BCUT2D eigenvalue weighted by Gasteiger charge is 2.28. The number of anilines is 1. The molecule has 1 amide bonds. The molecule has 0 radical (unpaired) electrons. The number of halogens is 1. The summed E-state index contributed by atoms with van der Waals surface area (Å²) in [5.41, 5.74) is 1.30. The van der Waals surface area contributed by atoms with Crippen LogP contribution in [0.1, 0.15) is 17.3 Å². The lowest BCUT2D eigenvalue weighted by molar-refractivity contribution is -0.140. The zero-order valence-electron chi connectivity index (χ0n) is 14.5. The highest BCUT2D eigenvalue weighted by Crippen LogP contribution is 2.17. The van der Waals surface area contributed by atoms with Crippen molar-refractivity contribution >= 4 is 29.2 Å². The van der Waals surface area contributed by atoms with Crippen molar-refractivity contribution in [1.29, 1.82) is 0 Å². The van der Waals surface area contributed by atoms with Crippen molar-refractivity contribution in [3.63, 3.8) is 0 Å². The smallest absolute Gasteiger partial charge is 0.342 e. The third-order valence-electron chi connectivity index (χ3n) is 4.32. The van der Waals surface area contributed by atoms with Crippen molar-refractivity contribution < 1.29 is 14.3 Å². The van der Waals surface area contributed by atoms with Gasteiger partial charge in [0.25, 0.3) is 5.91 Å². The molecule has 0 bridgehead atoms. The number of aromatic nitrogens is 1. The minimum atomic E-state index is -0.873. The van der Waals surface area contributed by atoms with E-state index < -0.39 is 12.1 Å². The minimum Gasteiger partial charge on any atom is -0.449 e. The van der Waals surface area contributed by atoms with Gasteiger partial charge in [0.15, 0.2) is 6.10 Å². The summed E-state index contributed by atoms with van der Waals surface area (Å²) >= 11 is 5.89. The second-order valence-corrected chi connectivity index (χ2v) is 6.40. The molecule has 1 aromatic heterocycles. The molecule has 3 rings (SSSR count). The van der Waals surface area contributed by atoms with E-state index in [1.807, 2.05) is 18.2 Å². The van der Waals surface area contributed by atoms with Crippen LogP contribution in [0.2, 0.25) is 5.15 Å². The normalized spacial score (nSPS) is 15.5. The third kappa shape index (κ3) is 4.14. The van der Waals surface area contributed by atoms with Gasteiger partial charge in [-0.2, -0.15) is 0 Å². The Morgan fingerprint density at radius 3 is 2.42 bits per heavy atom. The van der Waals surface area contributed by atoms with Crippen molar-refractivity contribution in [2.75, 3.05) is 31.1 Å². The molecule has 26 heavy (non-hydrogen) atoms. The predicted octanol–water partition coefficient (Wildman–Crippen LogP) is 2.63. The summed E-state index contributed by atoms with van der Waals surface area (Å²) in [7, 11) is 0. The van der Waals surface area contributed by atoms with Crippen molar-refractivity contribution in [3.8, 4) is 0 Å². The number of ether oxygens (including phenoxy) is 1. The molecule has 1 fully saturated rings. The van der Waals surface area contributed by atoms with Gasteiger partial charge in [-0.3, -0.25) is 4.79 Å². The van der Waals surface area contributed by atoms with Gasteiger partial charge in [0.2, 0.25) is 0 Å². The number of amides is 1. The number of carbonyl (C=O) groups is 2. The van der Waals surface area contributed by atoms with Gasteiger partial charge in [-0.25, -0.2) is 9.78 Å². The molecule has 1 aliphatic heterocycles. The fourth-order valence-corrected chi connectivity index (χ4v) is 3.09. The van der Waals surface area contributed by atoms with Gasteiger partial charge in [0.1, 0.15) is 5.15 Å². The van der Waals surface area contributed by atoms with Crippen molar-refractivity contribution in [2.45, 2.75) is 13.0 Å². The Morgan fingerprint density at radius 2 is 1.77 bits per heavy atom. The molecule has 6 nitrogen and oxygen atoms in total. The monoisotopic (exact) mass is 373 g/mol. The van der Waals surface area contributed by atoms with Gasteiger partial charge < -0.3 is 14.5 Å². The van der Waals surface area contributed by atoms with Crippen molar-refractivity contribution in [2.24, 2.45) is 0 Å². The Balaban J connectivity index is 1.55. The van der Waals surface area contributed by atoms with E-state index in [1.54, 1.807) is 17.9 Å². The molecule has 0 N–H and O–H groups in total. The van der Waals surface area contributed by atoms with Gasteiger partial charge in [-0.15, -0.1) is 0 Å². The fraction of sp³-hybridized carbons (Fsp3) is 0.316. The fourth-order valence-electron chi connectivity index (χ4n) is 2.89. The Labute approximate surface area is 157 Å². The zero-order chi connectivity index (χ0) is 18.5. The lowest BCUT2D eigenvalue weighted by atomic mass is 10.2. The average Bonchev–Trinajstić information content (AvgIpc) is 2.68. The molecule has 1 saturated heterocycles. The van der Waals surface area contributed by atoms with Crippen molar-refractivity contribution in [1.82, 2.24) is 9.88 Å². The zero-order valence-corrected chi connectivity index (χ0v) is 15.2. The van der Waals surface area contributed by atoms with E-state index in [2.05, 4.69) is 22.0 Å². The number of esters is 1. The summed E-state index contributed by atoms with van der Waals surface area (Å²) in [6.45, 7) is 4.23. The van der Waals surface area contributed by atoms with E-state index in [0.717, 1.165) is 18.8 Å². The first-order valence-corrected chi connectivity index (χ1v) is 8.84. The lowest BCUT2D eigenvalue weighted by Crippen LogP contribution is -2.51. The molecule has 136 valence electrons. The second-order valence-electron chi connectivity index (χ2n) is 6.04. The molecule has 1 atom stereocenters. The standard InChI is InChI=1S/C19H20ClN3O3/c1-14(26-19(25)16-8-5-9-21-17(16)20)18(24)23-12-10-22(11-13-23)15-6-3-2-4-7-15/h2-9,14H,10-13H2,1H3. The molecule has 7 heteroatoms. The molecular weight excluding hydrogens is 354 g/mol. The Bertz CT molecular complexity index is 777. The number of piperazine rings is 1. The first kappa shape index (κ1) is 18.2. The second kappa shape index (κ2) is 8.19. The molecule has 2 aromatic rings. The summed E-state index contributed by atoms with van der Waals surface area (Å²) in [4.78, 5) is 32.5. The van der Waals surface area contributed by atoms with Crippen molar-refractivity contribution in [3.05, 3.63) is 59.4 Å². The molecule has 0 spiro atoms. The number of para-hydroxylation sites is 1. The van der Waals surface area contributed by atoms with Crippen LogP contribution in [-0.4, -0.2) is 54.0 Å². The summed E-state index contributed by atoms with van der Waals surface area (Å²) in [5, 5.41) is 0.0635. The van der Waals surface area contributed by atoms with Gasteiger partial charge in [-0.05, 0) is 31.2 Å². The van der Waals surface area contributed by atoms with E-state index in [1.165, 1.54) is 12.3 Å². The number of pyridine rings is 1. The van der Waals surface area contributed by atoms with Gasteiger partial charge in [0.05, 0.1) is 5.56 Å². The van der Waals surface area contributed by atoms with Gasteiger partial charge in [0, 0.05) is 38.1 Å². The summed E-state index contributed by atoms with van der Waals surface area (Å²) < 4.78 is 5.28. The van der Waals surface area contributed by atoms with Crippen LogP contribution >= 0.6 is 11.6 Å². The van der Waals surface area contributed by atoms with E-state index in [9.17, 15) is 9.59 Å². The van der Waals surface area contributed by atoms with E-state index >= 15 is 0 Å². The van der Waals surface area contributed by atoms with Gasteiger partial charge >= 0.3 is 5.97 Å².